The predicted molar refractivity (Wildman–Crippen MR) is 57.4 cm³/mol. The lowest BCUT2D eigenvalue weighted by Crippen LogP contribution is -2.28. The zero-order chi connectivity index (χ0) is 12.4. The summed E-state index contributed by atoms with van der Waals surface area (Å²) in [5.74, 6) is -1.16. The molecule has 1 unspecified atom stereocenters. The minimum absolute atomic E-state index is 0.0536. The third kappa shape index (κ3) is 3.20. The van der Waals surface area contributed by atoms with Crippen molar-refractivity contribution in [3.05, 3.63) is 0 Å². The van der Waals surface area contributed by atoms with Gasteiger partial charge in [0.15, 0.2) is 9.84 Å². The van der Waals surface area contributed by atoms with Crippen molar-refractivity contribution in [2.75, 3.05) is 5.75 Å². The van der Waals surface area contributed by atoms with Crippen molar-refractivity contribution in [2.45, 2.75) is 37.9 Å². The molecule has 0 bridgehead atoms. The molecular weight excluding hydrogens is 230 g/mol. The van der Waals surface area contributed by atoms with E-state index in [1.807, 2.05) is 6.07 Å². The van der Waals surface area contributed by atoms with Crippen molar-refractivity contribution in [2.24, 2.45) is 5.41 Å². The summed E-state index contributed by atoms with van der Waals surface area (Å²) in [6, 6.07) is 1.99. The molecular formula is C10H15NO4S. The lowest BCUT2D eigenvalue weighted by Gasteiger charge is -2.15. The molecule has 90 valence electrons. The van der Waals surface area contributed by atoms with E-state index < -0.39 is 21.1 Å². The van der Waals surface area contributed by atoms with Crippen LogP contribution in [-0.2, 0) is 14.6 Å². The minimum atomic E-state index is -3.40. The smallest absolute Gasteiger partial charge is 0.304 e. The number of hydrogen-bond acceptors (Lipinski definition) is 4. The van der Waals surface area contributed by atoms with Crippen LogP contribution in [0.15, 0.2) is 0 Å². The molecule has 1 atom stereocenters. The summed E-state index contributed by atoms with van der Waals surface area (Å²) in [5, 5.41) is 16.3. The van der Waals surface area contributed by atoms with Gasteiger partial charge >= 0.3 is 5.97 Å². The highest BCUT2D eigenvalue weighted by Gasteiger charge is 2.47. The van der Waals surface area contributed by atoms with E-state index in [0.29, 0.717) is 0 Å². The van der Waals surface area contributed by atoms with E-state index >= 15 is 0 Å². The molecule has 1 saturated carbocycles. The van der Waals surface area contributed by atoms with Crippen LogP contribution in [-0.4, -0.2) is 30.5 Å². The molecule has 1 fully saturated rings. The second-order valence-corrected chi connectivity index (χ2v) is 6.97. The van der Waals surface area contributed by atoms with Crippen LogP contribution in [0, 0.1) is 16.7 Å². The molecule has 0 aromatic rings. The highest BCUT2D eigenvalue weighted by molar-refractivity contribution is 7.92. The largest absolute Gasteiger partial charge is 0.481 e. The van der Waals surface area contributed by atoms with Gasteiger partial charge in [0.1, 0.15) is 0 Å². The normalized spacial score (nSPS) is 19.8. The number of nitrogens with zero attached hydrogens (tertiary/aromatic N) is 1. The zero-order valence-electron chi connectivity index (χ0n) is 9.14. The van der Waals surface area contributed by atoms with Gasteiger partial charge in [-0.2, -0.15) is 5.26 Å². The summed E-state index contributed by atoms with van der Waals surface area (Å²) in [6.07, 6.45) is 1.37. The number of aliphatic carboxylic acids is 1. The molecule has 0 aromatic carbocycles. The Balaban J connectivity index is 2.65. The molecule has 1 aliphatic carbocycles. The van der Waals surface area contributed by atoms with Crippen molar-refractivity contribution >= 4 is 15.8 Å². The van der Waals surface area contributed by atoms with E-state index in [0.717, 1.165) is 12.8 Å². The number of sulfone groups is 1. The maximum Gasteiger partial charge on any atom is 0.304 e. The van der Waals surface area contributed by atoms with Gasteiger partial charge < -0.3 is 5.11 Å². The topological polar surface area (TPSA) is 95.2 Å². The first-order chi connectivity index (χ1) is 7.31. The van der Waals surface area contributed by atoms with Crippen LogP contribution in [0.4, 0.5) is 0 Å². The lowest BCUT2D eigenvalue weighted by atomic mass is 10.1. The minimum Gasteiger partial charge on any atom is -0.481 e. The first-order valence-electron chi connectivity index (χ1n) is 5.12. The Morgan fingerprint density at radius 2 is 2.12 bits per heavy atom. The summed E-state index contributed by atoms with van der Waals surface area (Å²) in [7, 11) is -3.40. The SMILES string of the molecule is CC(CC(=O)O)S(=O)(=O)CC1(CC#N)CC1. The van der Waals surface area contributed by atoms with Crippen molar-refractivity contribution in [3.8, 4) is 6.07 Å². The van der Waals surface area contributed by atoms with E-state index in [1.54, 1.807) is 0 Å². The van der Waals surface area contributed by atoms with E-state index in [2.05, 4.69) is 0 Å². The molecule has 6 heteroatoms. The van der Waals surface area contributed by atoms with Crippen LogP contribution < -0.4 is 0 Å². The Labute approximate surface area is 95.0 Å². The number of rotatable bonds is 6. The van der Waals surface area contributed by atoms with Gasteiger partial charge in [0.25, 0.3) is 0 Å². The molecule has 0 amide bonds. The van der Waals surface area contributed by atoms with Crippen LogP contribution in [0.3, 0.4) is 0 Å². The average molecular weight is 245 g/mol. The lowest BCUT2D eigenvalue weighted by molar-refractivity contribution is -0.136. The highest BCUT2D eigenvalue weighted by atomic mass is 32.2. The van der Waals surface area contributed by atoms with Gasteiger partial charge in [-0.05, 0) is 25.2 Å². The Hall–Kier alpha value is -1.09. The summed E-state index contributed by atoms with van der Waals surface area (Å²) < 4.78 is 23.6. The first-order valence-corrected chi connectivity index (χ1v) is 6.83. The highest BCUT2D eigenvalue weighted by Crippen LogP contribution is 2.50. The molecule has 0 spiro atoms. The quantitative estimate of drug-likeness (QED) is 0.752. The van der Waals surface area contributed by atoms with Crippen LogP contribution in [0.5, 0.6) is 0 Å². The molecule has 0 aliphatic heterocycles. The van der Waals surface area contributed by atoms with Crippen molar-refractivity contribution < 1.29 is 18.3 Å². The maximum absolute atomic E-state index is 11.8. The number of hydrogen-bond donors (Lipinski definition) is 1. The number of nitriles is 1. The summed E-state index contributed by atoms with van der Waals surface area (Å²) in [5.41, 5.74) is -0.389. The van der Waals surface area contributed by atoms with Gasteiger partial charge in [-0.15, -0.1) is 0 Å². The van der Waals surface area contributed by atoms with E-state index in [4.69, 9.17) is 10.4 Å². The van der Waals surface area contributed by atoms with E-state index in [1.165, 1.54) is 6.92 Å². The Kier molecular flexibility index (Phi) is 3.58. The van der Waals surface area contributed by atoms with Gasteiger partial charge in [0.05, 0.1) is 23.5 Å². The average Bonchev–Trinajstić information content (AvgIpc) is 2.83. The molecule has 16 heavy (non-hydrogen) atoms. The molecule has 1 N–H and O–H groups in total. The van der Waals surface area contributed by atoms with Gasteiger partial charge in [-0.25, -0.2) is 8.42 Å². The molecule has 0 heterocycles. The number of carboxylic acid groups (broad SMARTS) is 1. The van der Waals surface area contributed by atoms with E-state index in [-0.39, 0.29) is 24.0 Å². The molecule has 5 nitrogen and oxygen atoms in total. The monoisotopic (exact) mass is 245 g/mol. The fourth-order valence-corrected chi connectivity index (χ4v) is 3.58. The third-order valence-corrected chi connectivity index (χ3v) is 5.40. The van der Waals surface area contributed by atoms with Crippen LogP contribution >= 0.6 is 0 Å². The Morgan fingerprint density at radius 1 is 1.56 bits per heavy atom. The van der Waals surface area contributed by atoms with Crippen molar-refractivity contribution in [3.63, 3.8) is 0 Å². The van der Waals surface area contributed by atoms with Crippen LogP contribution in [0.2, 0.25) is 0 Å². The molecule has 0 saturated heterocycles. The number of carbonyl (C=O) groups is 1. The molecule has 1 rings (SSSR count). The van der Waals surface area contributed by atoms with Gasteiger partial charge in [0.2, 0.25) is 0 Å². The van der Waals surface area contributed by atoms with Crippen LogP contribution in [0.1, 0.15) is 32.6 Å². The fourth-order valence-electron chi connectivity index (χ4n) is 1.66. The van der Waals surface area contributed by atoms with Gasteiger partial charge in [-0.3, -0.25) is 4.79 Å². The molecule has 0 radical (unpaired) electrons. The maximum atomic E-state index is 11.8. The van der Waals surface area contributed by atoms with Crippen LogP contribution in [0.25, 0.3) is 0 Å². The second-order valence-electron chi connectivity index (χ2n) is 4.55. The first kappa shape index (κ1) is 13.0. The Bertz CT molecular complexity index is 417. The van der Waals surface area contributed by atoms with Gasteiger partial charge in [-0.1, -0.05) is 0 Å². The molecule has 0 aromatic heterocycles. The summed E-state index contributed by atoms with van der Waals surface area (Å²) in [4.78, 5) is 10.4. The van der Waals surface area contributed by atoms with Crippen molar-refractivity contribution in [1.29, 1.82) is 5.26 Å². The summed E-state index contributed by atoms with van der Waals surface area (Å²) >= 11 is 0. The molecule has 1 aliphatic rings. The fraction of sp³-hybridized carbons (Fsp3) is 0.800. The van der Waals surface area contributed by atoms with E-state index in [9.17, 15) is 13.2 Å². The Morgan fingerprint density at radius 3 is 2.50 bits per heavy atom. The van der Waals surface area contributed by atoms with Gasteiger partial charge in [0, 0.05) is 6.42 Å². The second kappa shape index (κ2) is 4.42. The summed E-state index contributed by atoms with van der Waals surface area (Å²) in [6.45, 7) is 1.41. The third-order valence-electron chi connectivity index (χ3n) is 2.99. The standard InChI is InChI=1S/C10H15NO4S/c1-8(6-9(12)13)16(14,15)7-10(2-3-10)4-5-11/h8H,2-4,6-7H2,1H3,(H,12,13). The van der Waals surface area contributed by atoms with Crippen molar-refractivity contribution in [1.82, 2.24) is 0 Å². The predicted octanol–water partition coefficient (Wildman–Crippen LogP) is 0.958. The zero-order valence-corrected chi connectivity index (χ0v) is 9.96. The number of carboxylic acids is 1.